The number of hydrogen-bond acceptors (Lipinski definition) is 5. The van der Waals surface area contributed by atoms with Crippen LogP contribution in [0, 0.1) is 0 Å². The number of aromatic nitrogens is 1. The molecule has 5 nitrogen and oxygen atoms in total. The molecule has 1 atom stereocenters. The maximum atomic E-state index is 11.2. The minimum atomic E-state index is -0.418. The highest BCUT2D eigenvalue weighted by molar-refractivity contribution is 7.22. The molecule has 1 unspecified atom stereocenters. The first-order chi connectivity index (χ1) is 9.67. The Morgan fingerprint density at radius 3 is 3.15 bits per heavy atom. The first-order valence-electron chi connectivity index (χ1n) is 6.65. The van der Waals surface area contributed by atoms with E-state index in [4.69, 9.17) is 10.5 Å². The molecular formula is C14H17N3O2S. The fraction of sp³-hybridized carbons (Fsp3) is 0.429. The third-order valence-corrected chi connectivity index (χ3v) is 4.74. The van der Waals surface area contributed by atoms with Gasteiger partial charge in [0.15, 0.2) is 5.13 Å². The van der Waals surface area contributed by atoms with E-state index >= 15 is 0 Å². The topological polar surface area (TPSA) is 68.4 Å². The van der Waals surface area contributed by atoms with Crippen molar-refractivity contribution in [2.24, 2.45) is 5.73 Å². The van der Waals surface area contributed by atoms with Gasteiger partial charge in [-0.15, -0.1) is 0 Å². The number of carbonyl (C=O) groups excluding carboxylic acids is 1. The minimum absolute atomic E-state index is 0.275. The Hall–Kier alpha value is -1.66. The lowest BCUT2D eigenvalue weighted by Gasteiger charge is -2.31. The fourth-order valence-electron chi connectivity index (χ4n) is 2.51. The van der Waals surface area contributed by atoms with Gasteiger partial charge in [-0.25, -0.2) is 4.98 Å². The summed E-state index contributed by atoms with van der Waals surface area (Å²) in [4.78, 5) is 18.1. The van der Waals surface area contributed by atoms with Crippen LogP contribution in [0.5, 0.6) is 0 Å². The van der Waals surface area contributed by atoms with Crippen molar-refractivity contribution in [1.82, 2.24) is 4.98 Å². The number of ether oxygens (including phenoxy) is 1. The number of carbonyl (C=O) groups is 1. The van der Waals surface area contributed by atoms with Crippen LogP contribution in [-0.2, 0) is 4.74 Å². The van der Waals surface area contributed by atoms with Crippen molar-refractivity contribution in [3.63, 3.8) is 0 Å². The number of amides is 1. The van der Waals surface area contributed by atoms with E-state index in [-0.39, 0.29) is 6.10 Å². The lowest BCUT2D eigenvalue weighted by molar-refractivity contribution is 0.0893. The van der Waals surface area contributed by atoms with Crippen molar-refractivity contribution < 1.29 is 9.53 Å². The van der Waals surface area contributed by atoms with E-state index in [9.17, 15) is 4.79 Å². The summed E-state index contributed by atoms with van der Waals surface area (Å²) in [6, 6.07) is 5.42. The standard InChI is InChI=1S/C14H17N3O2S/c1-19-10-3-2-6-17(8-10)14-16-11-7-9(13(15)18)4-5-12(11)20-14/h4-5,7,10H,2-3,6,8H2,1H3,(H2,15,18). The minimum Gasteiger partial charge on any atom is -0.380 e. The van der Waals surface area contributed by atoms with Gasteiger partial charge < -0.3 is 15.4 Å². The van der Waals surface area contributed by atoms with Gasteiger partial charge in [0.25, 0.3) is 0 Å². The molecule has 1 aromatic heterocycles. The monoisotopic (exact) mass is 291 g/mol. The van der Waals surface area contributed by atoms with E-state index in [2.05, 4.69) is 9.88 Å². The van der Waals surface area contributed by atoms with Crippen LogP contribution >= 0.6 is 11.3 Å². The van der Waals surface area contributed by atoms with E-state index in [1.54, 1.807) is 30.6 Å². The summed E-state index contributed by atoms with van der Waals surface area (Å²) < 4.78 is 6.52. The molecule has 0 radical (unpaired) electrons. The Kier molecular flexibility index (Phi) is 3.58. The quantitative estimate of drug-likeness (QED) is 0.939. The number of nitrogens with two attached hydrogens (primary N) is 1. The maximum Gasteiger partial charge on any atom is 0.248 e. The zero-order chi connectivity index (χ0) is 14.1. The number of benzene rings is 1. The molecule has 1 amide bonds. The van der Waals surface area contributed by atoms with Crippen molar-refractivity contribution >= 4 is 32.6 Å². The Labute approximate surface area is 121 Å². The van der Waals surface area contributed by atoms with Crippen LogP contribution in [0.15, 0.2) is 18.2 Å². The van der Waals surface area contributed by atoms with Gasteiger partial charge >= 0.3 is 0 Å². The van der Waals surface area contributed by atoms with Gasteiger partial charge in [0.1, 0.15) is 0 Å². The summed E-state index contributed by atoms with van der Waals surface area (Å²) in [5, 5.41) is 0.989. The van der Waals surface area contributed by atoms with Crippen LogP contribution in [0.25, 0.3) is 10.2 Å². The molecule has 2 N–H and O–H groups in total. The average molecular weight is 291 g/mol. The van der Waals surface area contributed by atoms with Crippen molar-refractivity contribution in [2.45, 2.75) is 18.9 Å². The number of piperidine rings is 1. The fourth-order valence-corrected chi connectivity index (χ4v) is 3.49. The Morgan fingerprint density at radius 2 is 2.40 bits per heavy atom. The highest BCUT2D eigenvalue weighted by Crippen LogP contribution is 2.31. The lowest BCUT2D eigenvalue weighted by Crippen LogP contribution is -2.39. The molecule has 1 aliphatic rings. The van der Waals surface area contributed by atoms with Gasteiger partial charge in [-0.1, -0.05) is 11.3 Å². The molecule has 106 valence electrons. The first-order valence-corrected chi connectivity index (χ1v) is 7.47. The second-order valence-corrected chi connectivity index (χ2v) is 6.00. The number of rotatable bonds is 3. The van der Waals surface area contributed by atoms with Crippen LogP contribution in [-0.4, -0.2) is 37.2 Å². The number of thiazole rings is 1. The molecule has 0 aliphatic carbocycles. The normalized spacial score (nSPS) is 19.4. The molecule has 0 bridgehead atoms. The van der Waals surface area contributed by atoms with Crippen LogP contribution in [0.4, 0.5) is 5.13 Å². The van der Waals surface area contributed by atoms with Gasteiger partial charge in [0.05, 0.1) is 16.3 Å². The summed E-state index contributed by atoms with van der Waals surface area (Å²) in [6.07, 6.45) is 2.49. The number of hydrogen-bond donors (Lipinski definition) is 1. The molecule has 20 heavy (non-hydrogen) atoms. The zero-order valence-corrected chi connectivity index (χ0v) is 12.2. The number of nitrogens with zero attached hydrogens (tertiary/aromatic N) is 2. The molecule has 2 aromatic rings. The SMILES string of the molecule is COC1CCCN(c2nc3cc(C(N)=O)ccc3s2)C1. The highest BCUT2D eigenvalue weighted by Gasteiger charge is 2.22. The molecule has 1 aliphatic heterocycles. The molecule has 1 aromatic carbocycles. The van der Waals surface area contributed by atoms with Crippen molar-refractivity contribution in [3.8, 4) is 0 Å². The van der Waals surface area contributed by atoms with E-state index in [0.29, 0.717) is 5.56 Å². The predicted octanol–water partition coefficient (Wildman–Crippen LogP) is 2.01. The highest BCUT2D eigenvalue weighted by atomic mass is 32.1. The van der Waals surface area contributed by atoms with Crippen molar-refractivity contribution in [1.29, 1.82) is 0 Å². The summed E-state index contributed by atoms with van der Waals surface area (Å²) in [6.45, 7) is 1.88. The van der Waals surface area contributed by atoms with E-state index in [0.717, 1.165) is 41.3 Å². The third kappa shape index (κ3) is 2.48. The number of fused-ring (bicyclic) bond motifs is 1. The zero-order valence-electron chi connectivity index (χ0n) is 11.3. The smallest absolute Gasteiger partial charge is 0.248 e. The molecular weight excluding hydrogens is 274 g/mol. The number of methoxy groups -OCH3 is 1. The van der Waals surface area contributed by atoms with E-state index < -0.39 is 5.91 Å². The molecule has 1 saturated heterocycles. The second-order valence-electron chi connectivity index (χ2n) is 4.99. The average Bonchev–Trinajstić information content (AvgIpc) is 2.90. The first kappa shape index (κ1) is 13.3. The van der Waals surface area contributed by atoms with Crippen molar-refractivity contribution in [2.75, 3.05) is 25.1 Å². The lowest BCUT2D eigenvalue weighted by atomic mass is 10.1. The Balaban J connectivity index is 1.90. The number of primary amides is 1. The largest absolute Gasteiger partial charge is 0.380 e. The van der Waals surface area contributed by atoms with Gasteiger partial charge in [-0.05, 0) is 31.0 Å². The van der Waals surface area contributed by atoms with Crippen molar-refractivity contribution in [3.05, 3.63) is 23.8 Å². The third-order valence-electron chi connectivity index (χ3n) is 3.64. The second kappa shape index (κ2) is 5.38. The van der Waals surface area contributed by atoms with Crippen LogP contribution in [0.1, 0.15) is 23.2 Å². The predicted molar refractivity (Wildman–Crippen MR) is 80.4 cm³/mol. The molecule has 1 fully saturated rings. The van der Waals surface area contributed by atoms with Gasteiger partial charge in [0, 0.05) is 25.8 Å². The van der Waals surface area contributed by atoms with Crippen LogP contribution in [0.3, 0.4) is 0 Å². The Morgan fingerprint density at radius 1 is 1.55 bits per heavy atom. The van der Waals surface area contributed by atoms with Gasteiger partial charge in [0.2, 0.25) is 5.91 Å². The van der Waals surface area contributed by atoms with Crippen LogP contribution in [0.2, 0.25) is 0 Å². The molecule has 0 saturated carbocycles. The molecule has 2 heterocycles. The number of anilines is 1. The van der Waals surface area contributed by atoms with Gasteiger partial charge in [-0.3, -0.25) is 4.79 Å². The summed E-state index contributed by atoms with van der Waals surface area (Å²) in [5.74, 6) is -0.418. The summed E-state index contributed by atoms with van der Waals surface area (Å²) in [7, 11) is 1.76. The van der Waals surface area contributed by atoms with Gasteiger partial charge in [-0.2, -0.15) is 0 Å². The van der Waals surface area contributed by atoms with E-state index in [1.165, 1.54) is 0 Å². The molecule has 0 spiro atoms. The summed E-state index contributed by atoms with van der Waals surface area (Å²) >= 11 is 1.64. The van der Waals surface area contributed by atoms with Crippen LogP contribution < -0.4 is 10.6 Å². The molecule has 3 rings (SSSR count). The Bertz CT molecular complexity index is 640. The maximum absolute atomic E-state index is 11.2. The summed E-state index contributed by atoms with van der Waals surface area (Å²) in [5.41, 5.74) is 6.64. The van der Waals surface area contributed by atoms with E-state index in [1.807, 2.05) is 6.07 Å². The molecule has 6 heteroatoms.